The number of aryl methyl sites for hydroxylation is 1. The van der Waals surface area contributed by atoms with Crippen LogP contribution in [-0.2, 0) is 4.79 Å². The molecule has 1 amide bonds. The lowest BCUT2D eigenvalue weighted by atomic mass is 9.87. The third kappa shape index (κ3) is 3.40. The summed E-state index contributed by atoms with van der Waals surface area (Å²) in [5.41, 5.74) is 7.97. The summed E-state index contributed by atoms with van der Waals surface area (Å²) in [5, 5.41) is 3.04. The number of anilines is 1. The predicted octanol–water partition coefficient (Wildman–Crippen LogP) is 2.82. The first-order valence-corrected chi connectivity index (χ1v) is 7.16. The quantitative estimate of drug-likeness (QED) is 0.812. The number of hydrogen-bond acceptors (Lipinski definition) is 2. The molecule has 3 heteroatoms. The molecule has 0 atom stereocenters. The summed E-state index contributed by atoms with van der Waals surface area (Å²) >= 11 is 0. The molecule has 2 rings (SSSR count). The molecule has 1 aromatic carbocycles. The number of benzene rings is 1. The zero-order valence-corrected chi connectivity index (χ0v) is 12.3. The van der Waals surface area contributed by atoms with E-state index in [1.165, 1.54) is 0 Å². The second-order valence-electron chi connectivity index (χ2n) is 5.82. The predicted molar refractivity (Wildman–Crippen MR) is 82.3 cm³/mol. The molecule has 3 N–H and O–H groups in total. The molecule has 0 unspecified atom stereocenters. The van der Waals surface area contributed by atoms with E-state index in [1.54, 1.807) is 0 Å². The van der Waals surface area contributed by atoms with Gasteiger partial charge in [0, 0.05) is 16.7 Å². The van der Waals surface area contributed by atoms with Crippen LogP contribution in [0.5, 0.6) is 0 Å². The molecule has 0 spiro atoms. The van der Waals surface area contributed by atoms with Gasteiger partial charge in [0.15, 0.2) is 0 Å². The van der Waals surface area contributed by atoms with E-state index >= 15 is 0 Å². The summed E-state index contributed by atoms with van der Waals surface area (Å²) < 4.78 is 0. The van der Waals surface area contributed by atoms with Crippen LogP contribution in [0.4, 0.5) is 5.69 Å². The summed E-state index contributed by atoms with van der Waals surface area (Å²) in [7, 11) is 0. The maximum atomic E-state index is 12.4. The summed E-state index contributed by atoms with van der Waals surface area (Å²) in [6.07, 6.45) is 4.24. The smallest absolute Gasteiger partial charge is 0.230 e. The van der Waals surface area contributed by atoms with Crippen LogP contribution in [0.1, 0.15) is 43.7 Å². The molecule has 1 aliphatic carbocycles. The average Bonchev–Trinajstić information content (AvgIpc) is 2.84. The van der Waals surface area contributed by atoms with Gasteiger partial charge in [0.05, 0.1) is 6.54 Å². The number of rotatable bonds is 2. The molecule has 1 fully saturated rings. The van der Waals surface area contributed by atoms with E-state index in [-0.39, 0.29) is 11.3 Å². The van der Waals surface area contributed by atoms with Crippen molar-refractivity contribution < 1.29 is 4.79 Å². The second-order valence-corrected chi connectivity index (χ2v) is 5.82. The van der Waals surface area contributed by atoms with E-state index in [0.717, 1.165) is 42.5 Å². The summed E-state index contributed by atoms with van der Waals surface area (Å²) in [5.74, 6) is 5.97. The number of amides is 1. The largest absolute Gasteiger partial charge is 0.326 e. The number of carbonyl (C=O) groups is 1. The topological polar surface area (TPSA) is 55.1 Å². The van der Waals surface area contributed by atoms with Gasteiger partial charge in [-0.1, -0.05) is 31.6 Å². The lowest BCUT2D eigenvalue weighted by molar-refractivity contribution is -0.124. The van der Waals surface area contributed by atoms with Gasteiger partial charge < -0.3 is 11.1 Å². The molecule has 0 aromatic heterocycles. The Morgan fingerprint density at radius 2 is 2.05 bits per heavy atom. The molecular formula is C17H22N2O. The van der Waals surface area contributed by atoms with Gasteiger partial charge in [-0.15, -0.1) is 0 Å². The Balaban J connectivity index is 2.16. The average molecular weight is 270 g/mol. The highest BCUT2D eigenvalue weighted by Gasteiger charge is 2.36. The Hall–Kier alpha value is -1.79. The van der Waals surface area contributed by atoms with E-state index in [2.05, 4.69) is 24.1 Å². The van der Waals surface area contributed by atoms with Crippen LogP contribution >= 0.6 is 0 Å². The van der Waals surface area contributed by atoms with Gasteiger partial charge in [0.2, 0.25) is 5.91 Å². The van der Waals surface area contributed by atoms with Crippen molar-refractivity contribution in [3.63, 3.8) is 0 Å². The van der Waals surface area contributed by atoms with Crippen molar-refractivity contribution in [2.24, 2.45) is 11.1 Å². The first-order valence-electron chi connectivity index (χ1n) is 7.16. The van der Waals surface area contributed by atoms with Gasteiger partial charge in [-0.25, -0.2) is 0 Å². The Morgan fingerprint density at radius 3 is 2.70 bits per heavy atom. The molecule has 106 valence electrons. The van der Waals surface area contributed by atoms with E-state index in [0.29, 0.717) is 6.54 Å². The summed E-state index contributed by atoms with van der Waals surface area (Å²) in [4.78, 5) is 12.4. The molecule has 1 aliphatic rings. The van der Waals surface area contributed by atoms with E-state index in [1.807, 2.05) is 25.1 Å². The lowest BCUT2D eigenvalue weighted by Gasteiger charge is -2.22. The number of nitrogens with one attached hydrogen (secondary N) is 1. The first-order chi connectivity index (χ1) is 9.53. The molecule has 0 aliphatic heterocycles. The molecular weight excluding hydrogens is 248 g/mol. The molecule has 0 radical (unpaired) electrons. The Morgan fingerprint density at radius 1 is 1.35 bits per heavy atom. The Bertz CT molecular complexity index is 560. The molecule has 1 aromatic rings. The van der Waals surface area contributed by atoms with Gasteiger partial charge in [-0.3, -0.25) is 4.79 Å². The minimum atomic E-state index is -0.215. The standard InChI is InChI=1S/C17H22N2O/c1-13-10-14(6-5-9-18)12-15(11-13)19-16(20)17(2)7-3-4-8-17/h10-12H,3-4,7-9,18H2,1-2H3,(H,19,20). The second kappa shape index (κ2) is 6.11. The highest BCUT2D eigenvalue weighted by atomic mass is 16.2. The number of carbonyl (C=O) groups excluding carboxylic acids is 1. The zero-order valence-electron chi connectivity index (χ0n) is 12.3. The number of nitrogens with two attached hydrogens (primary N) is 1. The van der Waals surface area contributed by atoms with Crippen molar-refractivity contribution in [2.75, 3.05) is 11.9 Å². The van der Waals surface area contributed by atoms with Crippen LogP contribution < -0.4 is 11.1 Å². The molecule has 1 saturated carbocycles. The van der Waals surface area contributed by atoms with Gasteiger partial charge in [-0.2, -0.15) is 0 Å². The van der Waals surface area contributed by atoms with Gasteiger partial charge in [0.1, 0.15) is 0 Å². The van der Waals surface area contributed by atoms with E-state index < -0.39 is 0 Å². The minimum absolute atomic E-state index is 0.123. The minimum Gasteiger partial charge on any atom is -0.326 e. The molecule has 20 heavy (non-hydrogen) atoms. The molecule has 0 bridgehead atoms. The monoisotopic (exact) mass is 270 g/mol. The summed E-state index contributed by atoms with van der Waals surface area (Å²) in [6.45, 7) is 4.40. The van der Waals surface area contributed by atoms with Gasteiger partial charge in [0.25, 0.3) is 0 Å². The van der Waals surface area contributed by atoms with Crippen LogP contribution in [0.15, 0.2) is 18.2 Å². The van der Waals surface area contributed by atoms with Crippen LogP contribution in [0.2, 0.25) is 0 Å². The van der Waals surface area contributed by atoms with Crippen LogP contribution in [0.25, 0.3) is 0 Å². The van der Waals surface area contributed by atoms with Crippen LogP contribution in [0.3, 0.4) is 0 Å². The SMILES string of the molecule is Cc1cc(C#CCN)cc(NC(=O)C2(C)CCCC2)c1. The third-order valence-corrected chi connectivity index (χ3v) is 3.93. The maximum Gasteiger partial charge on any atom is 0.230 e. The zero-order chi connectivity index (χ0) is 14.6. The normalized spacial score (nSPS) is 16.4. The van der Waals surface area contributed by atoms with Crippen molar-refractivity contribution in [1.29, 1.82) is 0 Å². The van der Waals surface area contributed by atoms with Crippen molar-refractivity contribution >= 4 is 11.6 Å². The van der Waals surface area contributed by atoms with Gasteiger partial charge in [-0.05, 0) is 43.5 Å². The van der Waals surface area contributed by atoms with E-state index in [4.69, 9.17) is 5.73 Å². The molecule has 3 nitrogen and oxygen atoms in total. The molecule has 0 saturated heterocycles. The molecule has 0 heterocycles. The van der Waals surface area contributed by atoms with Crippen molar-refractivity contribution in [2.45, 2.75) is 39.5 Å². The van der Waals surface area contributed by atoms with E-state index in [9.17, 15) is 4.79 Å². The highest BCUT2D eigenvalue weighted by Crippen LogP contribution is 2.38. The van der Waals surface area contributed by atoms with Crippen molar-refractivity contribution in [1.82, 2.24) is 0 Å². The Kier molecular flexibility index (Phi) is 4.46. The number of hydrogen-bond donors (Lipinski definition) is 2. The lowest BCUT2D eigenvalue weighted by Crippen LogP contribution is -2.30. The van der Waals surface area contributed by atoms with Crippen LogP contribution in [-0.4, -0.2) is 12.5 Å². The summed E-state index contributed by atoms with van der Waals surface area (Å²) in [6, 6.07) is 5.88. The fourth-order valence-electron chi connectivity index (χ4n) is 2.74. The maximum absolute atomic E-state index is 12.4. The van der Waals surface area contributed by atoms with Crippen molar-refractivity contribution in [3.05, 3.63) is 29.3 Å². The van der Waals surface area contributed by atoms with Gasteiger partial charge >= 0.3 is 0 Å². The first kappa shape index (κ1) is 14.6. The highest BCUT2D eigenvalue weighted by molar-refractivity contribution is 5.95. The third-order valence-electron chi connectivity index (χ3n) is 3.93. The Labute approximate surface area is 120 Å². The fourth-order valence-corrected chi connectivity index (χ4v) is 2.74. The van der Waals surface area contributed by atoms with Crippen molar-refractivity contribution in [3.8, 4) is 11.8 Å². The van der Waals surface area contributed by atoms with Crippen LogP contribution in [0, 0.1) is 24.2 Å². The fraction of sp³-hybridized carbons (Fsp3) is 0.471.